The molecule has 3 nitrogen and oxygen atoms in total. The van der Waals surface area contributed by atoms with Crippen LogP contribution in [0.15, 0.2) is 21.7 Å². The highest BCUT2D eigenvalue weighted by Crippen LogP contribution is 2.49. The summed E-state index contributed by atoms with van der Waals surface area (Å²) in [5.74, 6) is 0. The Labute approximate surface area is 100 Å². The summed E-state index contributed by atoms with van der Waals surface area (Å²) in [6, 6.07) is 3.50. The molecule has 0 amide bonds. The highest BCUT2D eigenvalue weighted by atomic mass is 32.2. The van der Waals surface area contributed by atoms with Gasteiger partial charge in [-0.25, -0.2) is 8.42 Å². The molecule has 1 spiro atoms. The van der Waals surface area contributed by atoms with Crippen LogP contribution in [-0.4, -0.2) is 25.8 Å². The van der Waals surface area contributed by atoms with Gasteiger partial charge >= 0.3 is 0 Å². The molecule has 2 fully saturated rings. The van der Waals surface area contributed by atoms with E-state index in [1.807, 2.05) is 5.38 Å². The normalized spacial score (nSPS) is 24.8. The zero-order chi connectivity index (χ0) is 11.2. The third-order valence-corrected chi connectivity index (χ3v) is 7.12. The van der Waals surface area contributed by atoms with Crippen LogP contribution in [0.4, 0.5) is 0 Å². The van der Waals surface area contributed by atoms with Gasteiger partial charge in [-0.1, -0.05) is 12.5 Å². The summed E-state index contributed by atoms with van der Waals surface area (Å²) in [4.78, 5) is 0. The van der Waals surface area contributed by atoms with Gasteiger partial charge in [0.1, 0.15) is 4.21 Å². The summed E-state index contributed by atoms with van der Waals surface area (Å²) >= 11 is 1.31. The minimum absolute atomic E-state index is 0.338. The van der Waals surface area contributed by atoms with Crippen molar-refractivity contribution in [2.24, 2.45) is 5.41 Å². The van der Waals surface area contributed by atoms with Gasteiger partial charge in [0.25, 0.3) is 10.0 Å². The predicted octanol–water partition coefficient (Wildman–Crippen LogP) is 2.31. The Morgan fingerprint density at radius 2 is 2.12 bits per heavy atom. The second-order valence-electron chi connectivity index (χ2n) is 4.87. The first-order valence-corrected chi connectivity index (χ1v) is 7.98. The van der Waals surface area contributed by atoms with E-state index in [-0.39, 0.29) is 0 Å². The van der Waals surface area contributed by atoms with E-state index in [4.69, 9.17) is 0 Å². The highest BCUT2D eigenvalue weighted by Gasteiger charge is 2.46. The minimum atomic E-state index is -3.19. The van der Waals surface area contributed by atoms with Gasteiger partial charge in [0.05, 0.1) is 0 Å². The van der Waals surface area contributed by atoms with Crippen LogP contribution in [0.1, 0.15) is 25.7 Å². The molecule has 1 aromatic heterocycles. The molecule has 1 saturated heterocycles. The third-order valence-electron chi connectivity index (χ3n) is 3.91. The zero-order valence-corrected chi connectivity index (χ0v) is 10.7. The summed E-state index contributed by atoms with van der Waals surface area (Å²) < 4.78 is 26.7. The topological polar surface area (TPSA) is 37.4 Å². The summed E-state index contributed by atoms with van der Waals surface area (Å²) in [5.41, 5.74) is 0.338. The molecular formula is C11H15NO2S2. The van der Waals surface area contributed by atoms with E-state index in [2.05, 4.69) is 0 Å². The monoisotopic (exact) mass is 257 g/mol. The van der Waals surface area contributed by atoms with Crippen molar-refractivity contribution in [2.75, 3.05) is 13.1 Å². The van der Waals surface area contributed by atoms with E-state index in [0.29, 0.717) is 16.2 Å². The quantitative estimate of drug-likeness (QED) is 0.815. The van der Waals surface area contributed by atoms with Crippen LogP contribution in [-0.2, 0) is 10.0 Å². The van der Waals surface area contributed by atoms with Gasteiger partial charge in [-0.3, -0.25) is 0 Å². The molecule has 88 valence electrons. The van der Waals surface area contributed by atoms with E-state index in [9.17, 15) is 8.42 Å². The maximum absolute atomic E-state index is 12.3. The Bertz CT molecular complexity index is 474. The molecule has 1 aliphatic carbocycles. The van der Waals surface area contributed by atoms with Gasteiger partial charge < -0.3 is 0 Å². The lowest BCUT2D eigenvalue weighted by Gasteiger charge is -2.37. The predicted molar refractivity (Wildman–Crippen MR) is 64.0 cm³/mol. The summed E-state index contributed by atoms with van der Waals surface area (Å²) in [6.45, 7) is 1.45. The molecule has 2 aliphatic rings. The first-order chi connectivity index (χ1) is 7.62. The molecule has 1 aliphatic heterocycles. The van der Waals surface area contributed by atoms with Crippen LogP contribution in [0.2, 0.25) is 0 Å². The molecule has 16 heavy (non-hydrogen) atoms. The molecule has 2 heterocycles. The van der Waals surface area contributed by atoms with Crippen LogP contribution in [0, 0.1) is 5.41 Å². The van der Waals surface area contributed by atoms with Crippen LogP contribution in [0.25, 0.3) is 0 Å². The van der Waals surface area contributed by atoms with Crippen molar-refractivity contribution >= 4 is 21.4 Å². The third kappa shape index (κ3) is 1.53. The lowest BCUT2D eigenvalue weighted by atomic mass is 9.68. The van der Waals surface area contributed by atoms with Crippen molar-refractivity contribution in [1.29, 1.82) is 0 Å². The number of hydrogen-bond donors (Lipinski definition) is 0. The Balaban J connectivity index is 1.84. The average Bonchev–Trinajstić information content (AvgIpc) is 2.87. The van der Waals surface area contributed by atoms with Gasteiger partial charge in [-0.05, 0) is 36.1 Å². The number of sulfonamides is 1. The second kappa shape index (κ2) is 3.55. The van der Waals surface area contributed by atoms with Crippen molar-refractivity contribution in [3.05, 3.63) is 17.5 Å². The van der Waals surface area contributed by atoms with Gasteiger partial charge in [-0.2, -0.15) is 4.31 Å². The number of thiophene rings is 1. The van der Waals surface area contributed by atoms with Crippen molar-refractivity contribution in [1.82, 2.24) is 4.31 Å². The SMILES string of the molecule is O=S(=O)(c1cccs1)N1CCC2(CCC2)C1. The van der Waals surface area contributed by atoms with Crippen LogP contribution < -0.4 is 0 Å². The zero-order valence-electron chi connectivity index (χ0n) is 9.05. The van der Waals surface area contributed by atoms with Gasteiger partial charge in [-0.15, -0.1) is 11.3 Å². The van der Waals surface area contributed by atoms with E-state index >= 15 is 0 Å². The Morgan fingerprint density at radius 3 is 2.62 bits per heavy atom. The van der Waals surface area contributed by atoms with Crippen molar-refractivity contribution in [3.63, 3.8) is 0 Å². The molecule has 0 bridgehead atoms. The molecule has 0 N–H and O–H groups in total. The fraction of sp³-hybridized carbons (Fsp3) is 0.636. The van der Waals surface area contributed by atoms with E-state index < -0.39 is 10.0 Å². The average molecular weight is 257 g/mol. The van der Waals surface area contributed by atoms with E-state index in [1.54, 1.807) is 16.4 Å². The lowest BCUT2D eigenvalue weighted by molar-refractivity contribution is 0.153. The summed E-state index contributed by atoms with van der Waals surface area (Å²) in [7, 11) is -3.19. The van der Waals surface area contributed by atoms with Crippen molar-refractivity contribution in [3.8, 4) is 0 Å². The van der Waals surface area contributed by atoms with Crippen molar-refractivity contribution < 1.29 is 8.42 Å². The number of nitrogens with zero attached hydrogens (tertiary/aromatic N) is 1. The van der Waals surface area contributed by atoms with E-state index in [0.717, 1.165) is 13.0 Å². The number of hydrogen-bond acceptors (Lipinski definition) is 3. The van der Waals surface area contributed by atoms with Gasteiger partial charge in [0.15, 0.2) is 0 Å². The maximum atomic E-state index is 12.3. The van der Waals surface area contributed by atoms with Crippen LogP contribution in [0.3, 0.4) is 0 Å². The Kier molecular flexibility index (Phi) is 2.38. The molecule has 0 radical (unpaired) electrons. The Hall–Kier alpha value is -0.390. The molecule has 5 heteroatoms. The molecular weight excluding hydrogens is 242 g/mol. The fourth-order valence-electron chi connectivity index (χ4n) is 2.72. The molecule has 1 aromatic rings. The molecule has 0 atom stereocenters. The van der Waals surface area contributed by atoms with Crippen molar-refractivity contribution in [2.45, 2.75) is 29.9 Å². The largest absolute Gasteiger partial charge is 0.252 e. The minimum Gasteiger partial charge on any atom is -0.206 e. The lowest BCUT2D eigenvalue weighted by Crippen LogP contribution is -2.35. The standard InChI is InChI=1S/C11H15NO2S2/c13-16(14,10-3-1-8-15-10)12-7-6-11(9-12)4-2-5-11/h1,3,8H,2,4-7,9H2. The first kappa shape index (κ1) is 10.7. The molecule has 0 aromatic carbocycles. The van der Waals surface area contributed by atoms with E-state index in [1.165, 1.54) is 30.6 Å². The molecule has 1 saturated carbocycles. The van der Waals surface area contributed by atoms with Gasteiger partial charge in [0, 0.05) is 13.1 Å². The summed E-state index contributed by atoms with van der Waals surface area (Å²) in [5, 5.41) is 1.82. The Morgan fingerprint density at radius 1 is 1.31 bits per heavy atom. The maximum Gasteiger partial charge on any atom is 0.252 e. The highest BCUT2D eigenvalue weighted by molar-refractivity contribution is 7.91. The summed E-state index contributed by atoms with van der Waals surface area (Å²) in [6.07, 6.45) is 4.75. The van der Waals surface area contributed by atoms with Crippen LogP contribution in [0.5, 0.6) is 0 Å². The molecule has 0 unspecified atom stereocenters. The fourth-order valence-corrected chi connectivity index (χ4v) is 5.42. The smallest absolute Gasteiger partial charge is 0.206 e. The van der Waals surface area contributed by atoms with Gasteiger partial charge in [0.2, 0.25) is 0 Å². The number of rotatable bonds is 2. The molecule has 3 rings (SSSR count). The van der Waals surface area contributed by atoms with Crippen LogP contribution >= 0.6 is 11.3 Å². The first-order valence-electron chi connectivity index (χ1n) is 5.66. The second-order valence-corrected chi connectivity index (χ2v) is 7.99.